The lowest BCUT2D eigenvalue weighted by molar-refractivity contribution is 1.76. The lowest BCUT2D eigenvalue weighted by Gasteiger charge is -2.08. The van der Waals surface area contributed by atoms with E-state index in [4.69, 9.17) is 34.3 Å². The zero-order valence-electron chi connectivity index (χ0n) is 4.05. The lowest BCUT2D eigenvalue weighted by atomic mass is 11.8. The fraction of sp³-hybridized carbons (Fsp3) is 1.00. The largest absolute Gasteiger partial charge is 0.182 e. The van der Waals surface area contributed by atoms with Crippen LogP contribution in [0.5, 0.6) is 0 Å². The molecule has 0 fully saturated rings. The second-order valence-electron chi connectivity index (χ2n) is 1.68. The smallest absolute Gasteiger partial charge is 0.165 e. The molecular weight excluding hydrogens is 170 g/mol. The van der Waals surface area contributed by atoms with E-state index in [0.717, 1.165) is 0 Å². The minimum atomic E-state index is -1.65. The van der Waals surface area contributed by atoms with Crippen LogP contribution in [0.4, 0.5) is 0 Å². The average Bonchev–Trinajstić information content (AvgIpc) is 1.68. The zero-order chi connectivity index (χ0) is 5.91. The maximum absolute atomic E-state index is 5.78. The van der Waals surface area contributed by atoms with Gasteiger partial charge in [-0.15, -0.1) is 23.2 Å². The first kappa shape index (κ1) is 8.09. The summed E-state index contributed by atoms with van der Waals surface area (Å²) in [5, 5.41) is 0. The molecule has 0 nitrogen and oxygen atoms in total. The van der Waals surface area contributed by atoms with Gasteiger partial charge >= 0.3 is 0 Å². The first-order valence-electron chi connectivity index (χ1n) is 1.93. The van der Waals surface area contributed by atoms with Crippen molar-refractivity contribution in [1.82, 2.24) is 0 Å². The predicted molar refractivity (Wildman–Crippen MR) is 38.9 cm³/mol. The third-order valence-electron chi connectivity index (χ3n) is 0.557. The second kappa shape index (κ2) is 3.18. The summed E-state index contributed by atoms with van der Waals surface area (Å²) in [6.07, 6.45) is 0. The summed E-state index contributed by atoms with van der Waals surface area (Å²) < 4.78 is 0. The van der Waals surface area contributed by atoms with Crippen molar-refractivity contribution in [3.05, 3.63) is 0 Å². The molecule has 0 radical (unpaired) electrons. The average molecular weight is 178 g/mol. The van der Waals surface area contributed by atoms with Gasteiger partial charge in [0.05, 0.1) is 0 Å². The van der Waals surface area contributed by atoms with E-state index >= 15 is 0 Å². The predicted octanol–water partition coefficient (Wildman–Crippen LogP) is 2.36. The van der Waals surface area contributed by atoms with E-state index in [0.29, 0.717) is 11.0 Å². The van der Waals surface area contributed by atoms with Crippen molar-refractivity contribution in [3.8, 4) is 0 Å². The highest BCUT2D eigenvalue weighted by Crippen LogP contribution is 2.11. The summed E-state index contributed by atoms with van der Waals surface area (Å²) in [5.74, 6) is 0. The monoisotopic (exact) mass is 176 g/mol. The van der Waals surface area contributed by atoms with Crippen LogP contribution in [0.2, 0.25) is 6.55 Å². The number of rotatable bonds is 2. The molecule has 0 amide bonds. The molecule has 0 saturated carbocycles. The standard InChI is InChI=1S/C3H7Cl3Si/c1-7(6,2-4)3-5/h2-3H2,1H3. The van der Waals surface area contributed by atoms with Crippen LogP contribution in [-0.4, -0.2) is 18.4 Å². The van der Waals surface area contributed by atoms with Crippen molar-refractivity contribution < 1.29 is 0 Å². The summed E-state index contributed by atoms with van der Waals surface area (Å²) in [7, 11) is -1.65. The van der Waals surface area contributed by atoms with Crippen LogP contribution in [0.1, 0.15) is 0 Å². The Kier molecular flexibility index (Phi) is 3.67. The molecule has 0 unspecified atom stereocenters. The molecule has 0 rings (SSSR count). The van der Waals surface area contributed by atoms with Gasteiger partial charge in [-0.1, -0.05) is 6.55 Å². The first-order chi connectivity index (χ1) is 3.12. The van der Waals surface area contributed by atoms with Gasteiger partial charge < -0.3 is 0 Å². The third-order valence-corrected chi connectivity index (χ3v) is 6.83. The number of halogens is 3. The van der Waals surface area contributed by atoms with Crippen molar-refractivity contribution in [2.75, 3.05) is 11.0 Å². The molecule has 0 aliphatic heterocycles. The van der Waals surface area contributed by atoms with Crippen molar-refractivity contribution in [2.45, 2.75) is 6.55 Å². The van der Waals surface area contributed by atoms with Crippen LogP contribution in [0.25, 0.3) is 0 Å². The topological polar surface area (TPSA) is 0 Å². The van der Waals surface area contributed by atoms with E-state index in [1.807, 2.05) is 6.55 Å². The van der Waals surface area contributed by atoms with Gasteiger partial charge in [0, 0.05) is 11.0 Å². The maximum Gasteiger partial charge on any atom is 0.182 e. The van der Waals surface area contributed by atoms with Crippen molar-refractivity contribution in [1.29, 1.82) is 0 Å². The van der Waals surface area contributed by atoms with Crippen LogP contribution in [0.3, 0.4) is 0 Å². The van der Waals surface area contributed by atoms with Crippen LogP contribution >= 0.6 is 34.3 Å². The van der Waals surface area contributed by atoms with Gasteiger partial charge in [0.25, 0.3) is 0 Å². The molecule has 0 aliphatic rings. The fourth-order valence-electron chi connectivity index (χ4n) is 0.0357. The Hall–Kier alpha value is 1.09. The van der Waals surface area contributed by atoms with Crippen LogP contribution < -0.4 is 0 Å². The van der Waals surface area contributed by atoms with Gasteiger partial charge in [0.15, 0.2) is 7.38 Å². The minimum Gasteiger partial charge on any atom is -0.165 e. The molecular formula is C3H7Cl3Si. The molecule has 0 aromatic rings. The summed E-state index contributed by atoms with van der Waals surface area (Å²) in [5.41, 5.74) is 1.08. The summed E-state index contributed by atoms with van der Waals surface area (Å²) in [6.45, 7) is 1.94. The van der Waals surface area contributed by atoms with Crippen molar-refractivity contribution >= 4 is 41.7 Å². The Labute approximate surface area is 59.5 Å². The van der Waals surface area contributed by atoms with E-state index in [-0.39, 0.29) is 0 Å². The molecule has 7 heavy (non-hydrogen) atoms. The van der Waals surface area contributed by atoms with E-state index in [1.165, 1.54) is 0 Å². The third kappa shape index (κ3) is 3.65. The lowest BCUT2D eigenvalue weighted by Crippen LogP contribution is -2.27. The highest BCUT2D eigenvalue weighted by Gasteiger charge is 2.20. The van der Waals surface area contributed by atoms with Gasteiger partial charge in [-0.05, 0) is 0 Å². The number of hydrogen-bond acceptors (Lipinski definition) is 0. The Balaban J connectivity index is 3.36. The fourth-order valence-corrected chi connectivity index (χ4v) is 0.964. The van der Waals surface area contributed by atoms with E-state index in [9.17, 15) is 0 Å². The minimum absolute atomic E-state index is 0.540. The molecule has 0 aromatic carbocycles. The number of alkyl halides is 2. The Bertz CT molecular complexity index is 48.1. The highest BCUT2D eigenvalue weighted by molar-refractivity contribution is 7.23. The molecule has 0 atom stereocenters. The van der Waals surface area contributed by atoms with Crippen LogP contribution in [0.15, 0.2) is 0 Å². The molecule has 0 aliphatic carbocycles. The Morgan fingerprint density at radius 3 is 1.57 bits per heavy atom. The molecule has 4 heteroatoms. The van der Waals surface area contributed by atoms with Gasteiger partial charge in [0.2, 0.25) is 0 Å². The molecule has 0 heterocycles. The van der Waals surface area contributed by atoms with Gasteiger partial charge in [-0.2, -0.15) is 11.1 Å². The van der Waals surface area contributed by atoms with Crippen LogP contribution in [-0.2, 0) is 0 Å². The summed E-state index contributed by atoms with van der Waals surface area (Å²) in [4.78, 5) is 0. The Morgan fingerprint density at radius 1 is 1.29 bits per heavy atom. The summed E-state index contributed by atoms with van der Waals surface area (Å²) >= 11 is 16.7. The van der Waals surface area contributed by atoms with Crippen molar-refractivity contribution in [3.63, 3.8) is 0 Å². The maximum atomic E-state index is 5.78. The SMILES string of the molecule is C[Si](Cl)(CCl)CCl. The van der Waals surface area contributed by atoms with Crippen molar-refractivity contribution in [2.24, 2.45) is 0 Å². The summed E-state index contributed by atoms with van der Waals surface area (Å²) in [6, 6.07) is 0. The van der Waals surface area contributed by atoms with Gasteiger partial charge in [-0.3, -0.25) is 0 Å². The quantitative estimate of drug-likeness (QED) is 0.345. The highest BCUT2D eigenvalue weighted by atomic mass is 35.6. The molecule has 0 N–H and O–H groups in total. The number of hydrogen-bond donors (Lipinski definition) is 0. The normalized spacial score (nSPS) is 12.0. The molecule has 0 spiro atoms. The van der Waals surface area contributed by atoms with Gasteiger partial charge in [-0.25, -0.2) is 0 Å². The molecule has 0 saturated heterocycles. The van der Waals surface area contributed by atoms with E-state index in [2.05, 4.69) is 0 Å². The Morgan fingerprint density at radius 2 is 1.57 bits per heavy atom. The van der Waals surface area contributed by atoms with Crippen LogP contribution in [0, 0.1) is 0 Å². The first-order valence-corrected chi connectivity index (χ1v) is 6.93. The molecule has 0 aromatic heterocycles. The van der Waals surface area contributed by atoms with E-state index < -0.39 is 7.38 Å². The zero-order valence-corrected chi connectivity index (χ0v) is 7.32. The molecule has 0 bridgehead atoms. The van der Waals surface area contributed by atoms with E-state index in [1.54, 1.807) is 0 Å². The second-order valence-corrected chi connectivity index (χ2v) is 9.38. The molecule has 44 valence electrons. The van der Waals surface area contributed by atoms with Gasteiger partial charge in [0.1, 0.15) is 0 Å².